The van der Waals surface area contributed by atoms with Gasteiger partial charge in [0.25, 0.3) is 0 Å². The van der Waals surface area contributed by atoms with E-state index in [0.717, 1.165) is 39.7 Å². The number of benzene rings is 2. The lowest BCUT2D eigenvalue weighted by molar-refractivity contribution is -0.117. The van der Waals surface area contributed by atoms with Crippen molar-refractivity contribution in [3.63, 3.8) is 0 Å². The highest BCUT2D eigenvalue weighted by molar-refractivity contribution is 6.32. The van der Waals surface area contributed by atoms with E-state index in [2.05, 4.69) is 17.4 Å². The minimum Gasteiger partial charge on any atom is -0.423 e. The zero-order valence-corrected chi connectivity index (χ0v) is 18.8. The first-order valence-electron chi connectivity index (χ1n) is 9.99. The highest BCUT2D eigenvalue weighted by Crippen LogP contribution is 2.27. The van der Waals surface area contributed by atoms with Crippen LogP contribution in [0.15, 0.2) is 39.5 Å². The Morgan fingerprint density at radius 3 is 2.37 bits per heavy atom. The maximum Gasteiger partial charge on any atom is 0.336 e. The van der Waals surface area contributed by atoms with Crippen molar-refractivity contribution >= 4 is 34.2 Å². The highest BCUT2D eigenvalue weighted by Gasteiger charge is 2.14. The molecule has 30 heavy (non-hydrogen) atoms. The number of likely N-dealkylation sites (N-methyl/N-ethyl adjacent to an activating group) is 1. The summed E-state index contributed by atoms with van der Waals surface area (Å²) >= 11 is 6.37. The maximum absolute atomic E-state index is 12.6. The van der Waals surface area contributed by atoms with Crippen LogP contribution in [0.1, 0.15) is 34.7 Å². The Morgan fingerprint density at radius 1 is 1.07 bits per heavy atom. The standard InChI is InChI=1S/C24H27ClN2O3/c1-6-17-9-21-19(11-20(17)25)18(10-23(29)30-21)12-27(5)13-22(28)26-24-15(3)7-14(2)8-16(24)4/h7-11H,6,12-13H2,1-5H3,(H,26,28). The quantitative estimate of drug-likeness (QED) is 0.563. The van der Waals surface area contributed by atoms with Crippen molar-refractivity contribution in [2.75, 3.05) is 18.9 Å². The lowest BCUT2D eigenvalue weighted by Crippen LogP contribution is -2.30. The third-order valence-corrected chi connectivity index (χ3v) is 5.53. The number of amides is 1. The summed E-state index contributed by atoms with van der Waals surface area (Å²) in [6, 6.07) is 9.22. The molecule has 1 aromatic heterocycles. The third-order valence-electron chi connectivity index (χ3n) is 5.17. The molecule has 0 saturated carbocycles. The second kappa shape index (κ2) is 9.02. The Balaban J connectivity index is 1.78. The Bertz CT molecular complexity index is 1140. The number of halogens is 1. The normalized spacial score (nSPS) is 11.3. The average Bonchev–Trinajstić information content (AvgIpc) is 2.64. The summed E-state index contributed by atoms with van der Waals surface area (Å²) in [5, 5.41) is 4.44. The Morgan fingerprint density at radius 2 is 1.73 bits per heavy atom. The van der Waals surface area contributed by atoms with Gasteiger partial charge in [-0.15, -0.1) is 0 Å². The smallest absolute Gasteiger partial charge is 0.336 e. The number of nitrogens with zero attached hydrogens (tertiary/aromatic N) is 1. The van der Waals surface area contributed by atoms with Crippen molar-refractivity contribution in [1.29, 1.82) is 0 Å². The Hall–Kier alpha value is -2.63. The molecule has 2 aromatic carbocycles. The molecule has 0 atom stereocenters. The number of aryl methyl sites for hydroxylation is 4. The molecule has 0 aliphatic rings. The molecule has 0 bridgehead atoms. The number of carbonyl (C=O) groups excluding carboxylic acids is 1. The van der Waals surface area contributed by atoms with Gasteiger partial charge in [0.05, 0.1) is 6.54 Å². The summed E-state index contributed by atoms with van der Waals surface area (Å²) < 4.78 is 5.37. The van der Waals surface area contributed by atoms with E-state index in [1.807, 2.05) is 51.8 Å². The first-order valence-corrected chi connectivity index (χ1v) is 10.4. The predicted molar refractivity (Wildman–Crippen MR) is 122 cm³/mol. The van der Waals surface area contributed by atoms with Crippen LogP contribution < -0.4 is 10.9 Å². The van der Waals surface area contributed by atoms with E-state index in [-0.39, 0.29) is 12.5 Å². The summed E-state index contributed by atoms with van der Waals surface area (Å²) in [6.45, 7) is 8.62. The van der Waals surface area contributed by atoms with E-state index >= 15 is 0 Å². The molecule has 158 valence electrons. The van der Waals surface area contributed by atoms with E-state index in [0.29, 0.717) is 17.2 Å². The van der Waals surface area contributed by atoms with Crippen molar-refractivity contribution in [2.45, 2.75) is 40.7 Å². The van der Waals surface area contributed by atoms with Crippen LogP contribution in [-0.2, 0) is 17.8 Å². The molecule has 0 radical (unpaired) electrons. The molecule has 0 fully saturated rings. The predicted octanol–water partition coefficient (Wildman–Crippen LogP) is 5.00. The van der Waals surface area contributed by atoms with Gasteiger partial charge in [0.15, 0.2) is 0 Å². The Kier molecular flexibility index (Phi) is 6.64. The highest BCUT2D eigenvalue weighted by atomic mass is 35.5. The molecule has 6 heteroatoms. The molecule has 0 spiro atoms. The number of fused-ring (bicyclic) bond motifs is 1. The molecule has 0 saturated heterocycles. The van der Waals surface area contributed by atoms with Crippen LogP contribution in [0.25, 0.3) is 11.0 Å². The molecule has 0 unspecified atom stereocenters. The monoisotopic (exact) mass is 426 g/mol. The van der Waals surface area contributed by atoms with Crippen molar-refractivity contribution in [1.82, 2.24) is 4.90 Å². The first kappa shape index (κ1) is 22.1. The fraction of sp³-hybridized carbons (Fsp3) is 0.333. The second-order valence-electron chi connectivity index (χ2n) is 7.88. The summed E-state index contributed by atoms with van der Waals surface area (Å²) in [4.78, 5) is 26.5. The minimum absolute atomic E-state index is 0.105. The number of rotatable bonds is 6. The molecular formula is C24H27ClN2O3. The number of anilines is 1. The topological polar surface area (TPSA) is 62.6 Å². The molecule has 3 aromatic rings. The number of carbonyl (C=O) groups is 1. The summed E-state index contributed by atoms with van der Waals surface area (Å²) in [7, 11) is 1.84. The molecule has 0 aliphatic carbocycles. The van der Waals surface area contributed by atoms with Gasteiger partial charge in [-0.2, -0.15) is 0 Å². The van der Waals surface area contributed by atoms with Gasteiger partial charge < -0.3 is 9.73 Å². The summed E-state index contributed by atoms with van der Waals surface area (Å²) in [5.41, 5.74) is 5.91. The van der Waals surface area contributed by atoms with Crippen LogP contribution in [-0.4, -0.2) is 24.4 Å². The van der Waals surface area contributed by atoms with E-state index in [1.165, 1.54) is 11.6 Å². The van der Waals surface area contributed by atoms with Crippen LogP contribution in [0.2, 0.25) is 5.02 Å². The Labute approximate surface area is 181 Å². The molecule has 1 N–H and O–H groups in total. The van der Waals surface area contributed by atoms with Crippen LogP contribution in [0.4, 0.5) is 5.69 Å². The van der Waals surface area contributed by atoms with Gasteiger partial charge in [-0.05, 0) is 68.6 Å². The zero-order valence-electron chi connectivity index (χ0n) is 18.1. The SMILES string of the molecule is CCc1cc2oc(=O)cc(CN(C)CC(=O)Nc3c(C)cc(C)cc3C)c2cc1Cl. The summed E-state index contributed by atoms with van der Waals surface area (Å²) in [5.74, 6) is -0.105. The molecule has 3 rings (SSSR count). The van der Waals surface area contributed by atoms with Gasteiger partial charge in [-0.1, -0.05) is 36.2 Å². The molecular weight excluding hydrogens is 400 g/mol. The minimum atomic E-state index is -0.411. The van der Waals surface area contributed by atoms with Crippen molar-refractivity contribution in [3.05, 3.63) is 73.6 Å². The fourth-order valence-electron chi connectivity index (χ4n) is 3.84. The molecule has 5 nitrogen and oxygen atoms in total. The molecule has 1 amide bonds. The number of hydrogen-bond acceptors (Lipinski definition) is 4. The van der Waals surface area contributed by atoms with Crippen LogP contribution in [0, 0.1) is 20.8 Å². The number of hydrogen-bond donors (Lipinski definition) is 1. The van der Waals surface area contributed by atoms with Crippen molar-refractivity contribution in [2.24, 2.45) is 0 Å². The van der Waals surface area contributed by atoms with Crippen LogP contribution in [0.5, 0.6) is 0 Å². The van der Waals surface area contributed by atoms with E-state index in [4.69, 9.17) is 16.0 Å². The lowest BCUT2D eigenvalue weighted by Gasteiger charge is -2.19. The zero-order chi connectivity index (χ0) is 22.0. The summed E-state index contributed by atoms with van der Waals surface area (Å²) in [6.07, 6.45) is 0.751. The number of nitrogens with one attached hydrogen (secondary N) is 1. The average molecular weight is 427 g/mol. The van der Waals surface area contributed by atoms with Gasteiger partial charge >= 0.3 is 5.63 Å². The van der Waals surface area contributed by atoms with E-state index < -0.39 is 5.63 Å². The van der Waals surface area contributed by atoms with Crippen LogP contribution in [0.3, 0.4) is 0 Å². The van der Waals surface area contributed by atoms with Gasteiger partial charge in [-0.25, -0.2) is 4.79 Å². The second-order valence-corrected chi connectivity index (χ2v) is 8.29. The van der Waals surface area contributed by atoms with Gasteiger partial charge in [0.1, 0.15) is 5.58 Å². The maximum atomic E-state index is 12.6. The van der Waals surface area contributed by atoms with Crippen LogP contribution >= 0.6 is 11.6 Å². The molecule has 1 heterocycles. The van der Waals surface area contributed by atoms with Gasteiger partial charge in [-0.3, -0.25) is 9.69 Å². The van der Waals surface area contributed by atoms with E-state index in [9.17, 15) is 9.59 Å². The van der Waals surface area contributed by atoms with Crippen molar-refractivity contribution in [3.8, 4) is 0 Å². The first-order chi connectivity index (χ1) is 14.2. The van der Waals surface area contributed by atoms with E-state index in [1.54, 1.807) is 0 Å². The fourth-order valence-corrected chi connectivity index (χ4v) is 4.14. The largest absolute Gasteiger partial charge is 0.423 e. The lowest BCUT2D eigenvalue weighted by atomic mass is 10.0. The van der Waals surface area contributed by atoms with Crippen molar-refractivity contribution < 1.29 is 9.21 Å². The van der Waals surface area contributed by atoms with Gasteiger partial charge in [0.2, 0.25) is 5.91 Å². The molecule has 0 aliphatic heterocycles. The third kappa shape index (κ3) is 4.91. The van der Waals surface area contributed by atoms with Gasteiger partial charge in [0, 0.05) is 28.7 Å².